The molecule has 0 radical (unpaired) electrons. The first-order valence-electron chi connectivity index (χ1n) is 10.3. The molecule has 3 fully saturated rings. The number of amides is 1. The van der Waals surface area contributed by atoms with E-state index in [1.807, 2.05) is 30.3 Å². The van der Waals surface area contributed by atoms with Crippen LogP contribution in [0.25, 0.3) is 0 Å². The van der Waals surface area contributed by atoms with E-state index in [0.717, 1.165) is 50.4 Å². The molecule has 1 amide bonds. The predicted octanol–water partition coefficient (Wildman–Crippen LogP) is 2.65. The molecule has 6 nitrogen and oxygen atoms in total. The molecular formula is C22H27N3O3. The van der Waals surface area contributed by atoms with Crippen molar-refractivity contribution in [2.45, 2.75) is 44.4 Å². The summed E-state index contributed by atoms with van der Waals surface area (Å²) in [6.45, 7) is 5.48. The number of nitrogens with one attached hydrogen (secondary N) is 1. The van der Waals surface area contributed by atoms with Gasteiger partial charge in [-0.25, -0.2) is 0 Å². The topological polar surface area (TPSA) is 67.6 Å². The van der Waals surface area contributed by atoms with Gasteiger partial charge in [0, 0.05) is 43.1 Å². The maximum atomic E-state index is 12.5. The number of rotatable bonds is 6. The lowest BCUT2D eigenvalue weighted by atomic mass is 9.73. The van der Waals surface area contributed by atoms with Gasteiger partial charge in [-0.3, -0.25) is 9.69 Å². The number of aromatic nitrogens is 1. The number of fused-ring (bicyclic) bond motifs is 1. The number of hydrogen-bond donors (Lipinski definition) is 1. The fourth-order valence-electron chi connectivity index (χ4n) is 5.40. The van der Waals surface area contributed by atoms with Crippen LogP contribution in [-0.4, -0.2) is 47.3 Å². The van der Waals surface area contributed by atoms with Gasteiger partial charge in [0.05, 0.1) is 23.9 Å². The number of benzene rings is 1. The Labute approximate surface area is 165 Å². The minimum atomic E-state index is -0.0413. The van der Waals surface area contributed by atoms with Crippen molar-refractivity contribution in [3.05, 3.63) is 53.4 Å². The van der Waals surface area contributed by atoms with Crippen molar-refractivity contribution in [2.75, 3.05) is 19.6 Å². The Bertz CT molecular complexity index is 852. The van der Waals surface area contributed by atoms with Gasteiger partial charge in [0.1, 0.15) is 0 Å². The molecule has 3 aliphatic heterocycles. The summed E-state index contributed by atoms with van der Waals surface area (Å²) in [5, 5.41) is 7.25. The SMILES string of the molecule is CCc1cc(CN2C[C@@H]3[C@H](CNC(=O)c4ccccc4)[C@H]4CC[C@]3(C2)O4)on1. The Morgan fingerprint density at radius 3 is 3.00 bits per heavy atom. The number of likely N-dealkylation sites (tertiary alicyclic amines) is 1. The lowest BCUT2D eigenvalue weighted by molar-refractivity contribution is 0.00155. The van der Waals surface area contributed by atoms with Crippen LogP contribution in [0.4, 0.5) is 0 Å². The van der Waals surface area contributed by atoms with Crippen molar-refractivity contribution in [3.8, 4) is 0 Å². The third kappa shape index (κ3) is 3.05. The smallest absolute Gasteiger partial charge is 0.251 e. The molecule has 4 heterocycles. The zero-order valence-corrected chi connectivity index (χ0v) is 16.3. The molecule has 1 aromatic carbocycles. The summed E-state index contributed by atoms with van der Waals surface area (Å²) >= 11 is 0. The highest BCUT2D eigenvalue weighted by molar-refractivity contribution is 5.94. The van der Waals surface area contributed by atoms with Crippen LogP contribution in [0.3, 0.4) is 0 Å². The number of aryl methyl sites for hydroxylation is 1. The fraction of sp³-hybridized carbons (Fsp3) is 0.545. The van der Waals surface area contributed by atoms with Crippen LogP contribution in [0.2, 0.25) is 0 Å². The van der Waals surface area contributed by atoms with E-state index in [1.165, 1.54) is 0 Å². The largest absolute Gasteiger partial charge is 0.370 e. The van der Waals surface area contributed by atoms with E-state index in [2.05, 4.69) is 28.4 Å². The first-order chi connectivity index (χ1) is 13.7. The van der Waals surface area contributed by atoms with Crippen molar-refractivity contribution >= 4 is 5.91 Å². The molecule has 1 N–H and O–H groups in total. The standard InChI is InChI=1S/C22H27N3O3/c1-2-16-10-17(28-24-16)12-25-13-19-18(20-8-9-22(19,14-25)27-20)11-23-21(26)15-6-4-3-5-7-15/h3-7,10,18-20H,2,8-9,11-14H2,1H3,(H,23,26)/t18-,19+,20+,22+/m0/s1. The van der Waals surface area contributed by atoms with Crippen LogP contribution in [0, 0.1) is 11.8 Å². The Morgan fingerprint density at radius 2 is 2.21 bits per heavy atom. The average Bonchev–Trinajstić information content (AvgIpc) is 3.47. The maximum absolute atomic E-state index is 12.5. The van der Waals surface area contributed by atoms with Crippen molar-refractivity contribution in [3.63, 3.8) is 0 Å². The molecule has 1 aromatic heterocycles. The van der Waals surface area contributed by atoms with Gasteiger partial charge in [0.2, 0.25) is 0 Å². The van der Waals surface area contributed by atoms with Crippen LogP contribution in [-0.2, 0) is 17.7 Å². The van der Waals surface area contributed by atoms with Gasteiger partial charge < -0.3 is 14.6 Å². The Morgan fingerprint density at radius 1 is 1.36 bits per heavy atom. The van der Waals surface area contributed by atoms with Crippen LogP contribution in [0.15, 0.2) is 40.9 Å². The number of carbonyl (C=O) groups excluding carboxylic acids is 1. The third-order valence-corrected chi connectivity index (χ3v) is 6.74. The van der Waals surface area contributed by atoms with Crippen molar-refractivity contribution in [2.24, 2.45) is 11.8 Å². The maximum Gasteiger partial charge on any atom is 0.251 e. The summed E-state index contributed by atoms with van der Waals surface area (Å²) < 4.78 is 12.0. The van der Waals surface area contributed by atoms with E-state index >= 15 is 0 Å². The molecule has 3 saturated heterocycles. The highest BCUT2D eigenvalue weighted by atomic mass is 16.5. The van der Waals surface area contributed by atoms with Crippen LogP contribution >= 0.6 is 0 Å². The number of nitrogens with zero attached hydrogens (tertiary/aromatic N) is 2. The highest BCUT2D eigenvalue weighted by Crippen LogP contribution is 2.54. The molecule has 6 heteroatoms. The van der Waals surface area contributed by atoms with Gasteiger partial charge >= 0.3 is 0 Å². The molecule has 148 valence electrons. The van der Waals surface area contributed by atoms with Crippen LogP contribution in [0.1, 0.15) is 41.6 Å². The third-order valence-electron chi connectivity index (χ3n) is 6.74. The molecular weight excluding hydrogens is 354 g/mol. The summed E-state index contributed by atoms with van der Waals surface area (Å²) in [5.74, 6) is 1.78. The van der Waals surface area contributed by atoms with Crippen molar-refractivity contribution in [1.82, 2.24) is 15.4 Å². The lowest BCUT2D eigenvalue weighted by Crippen LogP contribution is -2.41. The molecule has 4 atom stereocenters. The highest BCUT2D eigenvalue weighted by Gasteiger charge is 2.62. The summed E-state index contributed by atoms with van der Waals surface area (Å²) in [6, 6.07) is 11.5. The van der Waals surface area contributed by atoms with Crippen LogP contribution < -0.4 is 5.32 Å². The quantitative estimate of drug-likeness (QED) is 0.833. The van der Waals surface area contributed by atoms with Gasteiger partial charge in [-0.1, -0.05) is 30.3 Å². The number of ether oxygens (including phenoxy) is 1. The Hall–Kier alpha value is -2.18. The minimum absolute atomic E-state index is 0.000955. The summed E-state index contributed by atoms with van der Waals surface area (Å²) in [6.07, 6.45) is 3.39. The minimum Gasteiger partial charge on any atom is -0.370 e. The number of carbonyl (C=O) groups is 1. The second kappa shape index (κ2) is 7.01. The normalized spacial score (nSPS) is 31.2. The Balaban J connectivity index is 1.24. The van der Waals surface area contributed by atoms with Gasteiger partial charge in [-0.15, -0.1) is 0 Å². The van der Waals surface area contributed by atoms with Gasteiger partial charge in [-0.2, -0.15) is 0 Å². The van der Waals surface area contributed by atoms with Gasteiger partial charge in [0.25, 0.3) is 5.91 Å². The molecule has 0 saturated carbocycles. The monoisotopic (exact) mass is 381 g/mol. The van der Waals surface area contributed by atoms with E-state index in [9.17, 15) is 4.79 Å². The molecule has 2 bridgehead atoms. The van der Waals surface area contributed by atoms with E-state index in [4.69, 9.17) is 9.26 Å². The average molecular weight is 381 g/mol. The summed E-state index contributed by atoms with van der Waals surface area (Å²) in [7, 11) is 0. The van der Waals surface area contributed by atoms with E-state index in [-0.39, 0.29) is 17.6 Å². The molecule has 1 spiro atoms. The van der Waals surface area contributed by atoms with Gasteiger partial charge in [-0.05, 0) is 31.4 Å². The molecule has 0 aliphatic carbocycles. The fourth-order valence-corrected chi connectivity index (χ4v) is 5.40. The zero-order valence-electron chi connectivity index (χ0n) is 16.3. The van der Waals surface area contributed by atoms with Crippen molar-refractivity contribution < 1.29 is 14.1 Å². The lowest BCUT2D eigenvalue weighted by Gasteiger charge is -2.29. The van der Waals surface area contributed by atoms with E-state index in [0.29, 0.717) is 23.9 Å². The predicted molar refractivity (Wildman–Crippen MR) is 104 cm³/mol. The van der Waals surface area contributed by atoms with E-state index in [1.54, 1.807) is 0 Å². The zero-order chi connectivity index (χ0) is 19.1. The summed E-state index contributed by atoms with van der Waals surface area (Å²) in [5.41, 5.74) is 1.68. The first-order valence-corrected chi connectivity index (χ1v) is 10.3. The summed E-state index contributed by atoms with van der Waals surface area (Å²) in [4.78, 5) is 14.9. The molecule has 2 aromatic rings. The van der Waals surface area contributed by atoms with Gasteiger partial charge in [0.15, 0.2) is 5.76 Å². The molecule has 0 unspecified atom stereocenters. The first kappa shape index (κ1) is 17.9. The van der Waals surface area contributed by atoms with E-state index < -0.39 is 0 Å². The molecule has 5 rings (SSSR count). The second-order valence-corrected chi connectivity index (χ2v) is 8.41. The Kier molecular flexibility index (Phi) is 4.48. The van der Waals surface area contributed by atoms with Crippen LogP contribution in [0.5, 0.6) is 0 Å². The molecule has 28 heavy (non-hydrogen) atoms. The second-order valence-electron chi connectivity index (χ2n) is 8.41. The molecule has 3 aliphatic rings. The van der Waals surface area contributed by atoms with Crippen molar-refractivity contribution in [1.29, 1.82) is 0 Å². The number of hydrogen-bond acceptors (Lipinski definition) is 5.